The first-order chi connectivity index (χ1) is 15.8. The molecule has 0 spiro atoms. The predicted molar refractivity (Wildman–Crippen MR) is 125 cm³/mol. The molecule has 0 saturated heterocycles. The Kier molecular flexibility index (Phi) is 5.84. The van der Waals surface area contributed by atoms with Crippen molar-refractivity contribution in [3.05, 3.63) is 77.9 Å². The van der Waals surface area contributed by atoms with Crippen molar-refractivity contribution >= 4 is 44.3 Å². The molecule has 0 aliphatic rings. The van der Waals surface area contributed by atoms with Gasteiger partial charge in [-0.1, -0.05) is 24.3 Å². The van der Waals surface area contributed by atoms with Gasteiger partial charge < -0.3 is 15.2 Å². The van der Waals surface area contributed by atoms with Gasteiger partial charge >= 0.3 is 5.97 Å². The van der Waals surface area contributed by atoms with Gasteiger partial charge in [0.05, 0.1) is 28.6 Å². The second-order valence-electron chi connectivity index (χ2n) is 7.15. The summed E-state index contributed by atoms with van der Waals surface area (Å²) >= 11 is 0. The van der Waals surface area contributed by atoms with Crippen LogP contribution in [-0.2, 0) is 10.0 Å². The van der Waals surface area contributed by atoms with E-state index < -0.39 is 16.0 Å². The highest BCUT2D eigenvalue weighted by Gasteiger charge is 2.20. The molecule has 10 heteroatoms. The van der Waals surface area contributed by atoms with E-state index >= 15 is 0 Å². The standard InChI is InChI=1S/C23H20N4O5S/c1-14-10-11-16(32-2)13-20(14)26-21-22(25-19-9-4-3-8-18(19)24-21)27-33(30,31)17-7-5-6-15(12-17)23(28)29/h3-13H,1-2H3,(H,24,26)(H,25,27)(H,28,29). The van der Waals surface area contributed by atoms with Crippen LogP contribution in [0.25, 0.3) is 11.0 Å². The Morgan fingerprint density at radius 2 is 1.64 bits per heavy atom. The monoisotopic (exact) mass is 464 g/mol. The van der Waals surface area contributed by atoms with Crippen LogP contribution < -0.4 is 14.8 Å². The summed E-state index contributed by atoms with van der Waals surface area (Å²) in [5.41, 5.74) is 2.45. The van der Waals surface area contributed by atoms with E-state index in [0.29, 0.717) is 22.5 Å². The van der Waals surface area contributed by atoms with E-state index in [-0.39, 0.29) is 22.1 Å². The minimum absolute atomic E-state index is 0.0309. The first-order valence-corrected chi connectivity index (χ1v) is 11.3. The number of ether oxygens (including phenoxy) is 1. The first-order valence-electron chi connectivity index (χ1n) is 9.81. The zero-order chi connectivity index (χ0) is 23.6. The van der Waals surface area contributed by atoms with Gasteiger partial charge in [-0.05, 0) is 48.9 Å². The third-order valence-electron chi connectivity index (χ3n) is 4.89. The summed E-state index contributed by atoms with van der Waals surface area (Å²) in [6, 6.07) is 17.6. The Morgan fingerprint density at radius 3 is 2.30 bits per heavy atom. The van der Waals surface area contributed by atoms with Crippen molar-refractivity contribution in [3.63, 3.8) is 0 Å². The molecule has 0 fully saturated rings. The van der Waals surface area contributed by atoms with Crippen molar-refractivity contribution in [2.75, 3.05) is 17.1 Å². The lowest BCUT2D eigenvalue weighted by Gasteiger charge is -2.15. The number of aromatic nitrogens is 2. The van der Waals surface area contributed by atoms with Crippen LogP contribution in [0, 0.1) is 6.92 Å². The molecule has 0 bridgehead atoms. The van der Waals surface area contributed by atoms with Crippen molar-refractivity contribution in [2.45, 2.75) is 11.8 Å². The van der Waals surface area contributed by atoms with E-state index in [1.165, 1.54) is 18.2 Å². The zero-order valence-electron chi connectivity index (χ0n) is 17.7. The van der Waals surface area contributed by atoms with Crippen LogP contribution in [0.2, 0.25) is 0 Å². The molecule has 4 rings (SSSR count). The Hall–Kier alpha value is -4.18. The molecule has 3 aromatic carbocycles. The Balaban J connectivity index is 1.80. The molecule has 1 aromatic heterocycles. The van der Waals surface area contributed by atoms with E-state index in [1.807, 2.05) is 19.1 Å². The molecule has 168 valence electrons. The van der Waals surface area contributed by atoms with E-state index in [1.54, 1.807) is 37.4 Å². The number of benzene rings is 3. The summed E-state index contributed by atoms with van der Waals surface area (Å²) in [5.74, 6) is -0.461. The van der Waals surface area contributed by atoms with Crippen LogP contribution in [0.5, 0.6) is 5.75 Å². The molecule has 33 heavy (non-hydrogen) atoms. The minimum atomic E-state index is -4.16. The van der Waals surface area contributed by atoms with Gasteiger partial charge in [0.15, 0.2) is 11.6 Å². The molecule has 9 nitrogen and oxygen atoms in total. The maximum Gasteiger partial charge on any atom is 0.335 e. The third kappa shape index (κ3) is 4.70. The molecule has 0 amide bonds. The van der Waals surface area contributed by atoms with E-state index in [2.05, 4.69) is 20.0 Å². The number of methoxy groups -OCH3 is 1. The summed E-state index contributed by atoms with van der Waals surface area (Å²) in [6.45, 7) is 1.89. The maximum absolute atomic E-state index is 13.1. The van der Waals surface area contributed by atoms with Gasteiger partial charge in [-0.25, -0.2) is 23.2 Å². The van der Waals surface area contributed by atoms with Gasteiger partial charge in [-0.15, -0.1) is 0 Å². The second kappa shape index (κ2) is 8.75. The number of aryl methyl sites for hydroxylation is 1. The summed E-state index contributed by atoms with van der Waals surface area (Å²) in [6.07, 6.45) is 0. The van der Waals surface area contributed by atoms with Gasteiger partial charge in [-0.2, -0.15) is 0 Å². The van der Waals surface area contributed by atoms with Gasteiger partial charge in [0.25, 0.3) is 10.0 Å². The summed E-state index contributed by atoms with van der Waals surface area (Å²) in [7, 11) is -2.61. The van der Waals surface area contributed by atoms with Crippen molar-refractivity contribution in [2.24, 2.45) is 0 Å². The molecule has 0 radical (unpaired) electrons. The Morgan fingerprint density at radius 1 is 0.939 bits per heavy atom. The second-order valence-corrected chi connectivity index (χ2v) is 8.84. The van der Waals surface area contributed by atoms with E-state index in [0.717, 1.165) is 11.6 Å². The van der Waals surface area contributed by atoms with E-state index in [4.69, 9.17) is 4.74 Å². The summed E-state index contributed by atoms with van der Waals surface area (Å²) in [5, 5.41) is 12.3. The normalized spacial score (nSPS) is 11.2. The number of hydrogen-bond donors (Lipinski definition) is 3. The molecule has 4 aromatic rings. The van der Waals surface area contributed by atoms with Gasteiger partial charge in [0.2, 0.25) is 0 Å². The molecular formula is C23H20N4O5S. The van der Waals surface area contributed by atoms with Crippen LogP contribution in [0.1, 0.15) is 15.9 Å². The van der Waals surface area contributed by atoms with Crippen LogP contribution in [-0.4, -0.2) is 36.6 Å². The predicted octanol–water partition coefficient (Wildman–Crippen LogP) is 4.19. The van der Waals surface area contributed by atoms with Crippen LogP contribution in [0.4, 0.5) is 17.3 Å². The van der Waals surface area contributed by atoms with Crippen molar-refractivity contribution in [1.82, 2.24) is 9.97 Å². The van der Waals surface area contributed by atoms with Crippen molar-refractivity contribution < 1.29 is 23.1 Å². The lowest BCUT2D eigenvalue weighted by Crippen LogP contribution is -2.16. The number of sulfonamides is 1. The first kappa shape index (κ1) is 22.0. The SMILES string of the molecule is COc1ccc(C)c(Nc2nc3ccccc3nc2NS(=O)(=O)c2cccc(C(=O)O)c2)c1. The molecule has 3 N–H and O–H groups in total. The van der Waals surface area contributed by atoms with Gasteiger partial charge in [-0.3, -0.25) is 4.72 Å². The molecule has 0 unspecified atom stereocenters. The quantitative estimate of drug-likeness (QED) is 0.371. The number of rotatable bonds is 7. The molecule has 0 atom stereocenters. The van der Waals surface area contributed by atoms with Crippen molar-refractivity contribution in [1.29, 1.82) is 0 Å². The average Bonchev–Trinajstić information content (AvgIpc) is 2.80. The Bertz CT molecular complexity index is 1470. The number of fused-ring (bicyclic) bond motifs is 1. The fraction of sp³-hybridized carbons (Fsp3) is 0.0870. The molecule has 0 aliphatic heterocycles. The minimum Gasteiger partial charge on any atom is -0.497 e. The Labute approximate surface area is 190 Å². The number of carboxylic acid groups (broad SMARTS) is 1. The molecule has 0 saturated carbocycles. The van der Waals surface area contributed by atoms with Crippen LogP contribution in [0.15, 0.2) is 71.6 Å². The van der Waals surface area contributed by atoms with E-state index in [9.17, 15) is 18.3 Å². The fourth-order valence-electron chi connectivity index (χ4n) is 3.13. The van der Waals surface area contributed by atoms with Crippen molar-refractivity contribution in [3.8, 4) is 5.75 Å². The average molecular weight is 465 g/mol. The fourth-order valence-corrected chi connectivity index (χ4v) is 4.19. The number of aromatic carboxylic acids is 1. The van der Waals surface area contributed by atoms with Gasteiger partial charge in [0, 0.05) is 11.8 Å². The lowest BCUT2D eigenvalue weighted by atomic mass is 10.2. The number of para-hydroxylation sites is 2. The molecular weight excluding hydrogens is 444 g/mol. The zero-order valence-corrected chi connectivity index (χ0v) is 18.6. The van der Waals surface area contributed by atoms with Crippen LogP contribution in [0.3, 0.4) is 0 Å². The smallest absolute Gasteiger partial charge is 0.335 e. The highest BCUT2D eigenvalue weighted by Crippen LogP contribution is 2.30. The number of carboxylic acids is 1. The highest BCUT2D eigenvalue weighted by atomic mass is 32.2. The number of anilines is 3. The van der Waals surface area contributed by atoms with Crippen LogP contribution >= 0.6 is 0 Å². The topological polar surface area (TPSA) is 131 Å². The largest absolute Gasteiger partial charge is 0.497 e. The highest BCUT2D eigenvalue weighted by molar-refractivity contribution is 7.92. The molecule has 0 aliphatic carbocycles. The van der Waals surface area contributed by atoms with Gasteiger partial charge in [0.1, 0.15) is 5.75 Å². The number of hydrogen-bond acceptors (Lipinski definition) is 7. The summed E-state index contributed by atoms with van der Waals surface area (Å²) < 4.78 is 33.9. The molecule has 1 heterocycles. The number of carbonyl (C=O) groups is 1. The lowest BCUT2D eigenvalue weighted by molar-refractivity contribution is 0.0696. The number of nitrogens with one attached hydrogen (secondary N) is 2. The number of nitrogens with zero attached hydrogens (tertiary/aromatic N) is 2. The third-order valence-corrected chi connectivity index (χ3v) is 6.23. The summed E-state index contributed by atoms with van der Waals surface area (Å²) in [4.78, 5) is 20.1. The maximum atomic E-state index is 13.1.